The Bertz CT molecular complexity index is 1380. The lowest BCUT2D eigenvalue weighted by molar-refractivity contribution is -0.139. The van der Waals surface area contributed by atoms with Crippen LogP contribution in [0.3, 0.4) is 0 Å². The van der Waals surface area contributed by atoms with Gasteiger partial charge in [-0.05, 0) is 86.5 Å². The van der Waals surface area contributed by atoms with Gasteiger partial charge in [-0.3, -0.25) is 13.9 Å². The Kier molecular flexibility index (Phi) is 11.2. The molecule has 1 atom stereocenters. The van der Waals surface area contributed by atoms with Gasteiger partial charge in [-0.15, -0.1) is 0 Å². The summed E-state index contributed by atoms with van der Waals surface area (Å²) in [6, 6.07) is 18.2. The molecule has 0 aliphatic rings. The van der Waals surface area contributed by atoms with Gasteiger partial charge in [-0.2, -0.15) is 0 Å². The Morgan fingerprint density at radius 2 is 1.48 bits per heavy atom. The summed E-state index contributed by atoms with van der Waals surface area (Å²) in [4.78, 5) is 28.1. The maximum absolute atomic E-state index is 13.9. The van der Waals surface area contributed by atoms with Gasteiger partial charge in [0.15, 0.2) is 0 Å². The summed E-state index contributed by atoms with van der Waals surface area (Å²) in [6.07, 6.45) is 0.731. The number of rotatable bonds is 13. The van der Waals surface area contributed by atoms with Gasteiger partial charge in [0.1, 0.15) is 18.3 Å². The first kappa shape index (κ1) is 31.3. The van der Waals surface area contributed by atoms with Crippen molar-refractivity contribution in [2.45, 2.75) is 44.7 Å². The molecule has 2 amide bonds. The van der Waals surface area contributed by atoms with E-state index in [0.29, 0.717) is 28.9 Å². The number of nitrogens with one attached hydrogen (secondary N) is 1. The fourth-order valence-corrected chi connectivity index (χ4v) is 5.57. The second kappa shape index (κ2) is 14.4. The van der Waals surface area contributed by atoms with E-state index in [1.54, 1.807) is 55.5 Å². The van der Waals surface area contributed by atoms with Crippen molar-refractivity contribution in [1.82, 2.24) is 10.2 Å². The molecule has 3 rings (SSSR count). The maximum Gasteiger partial charge on any atom is 0.264 e. The number of halogens is 2. The number of ether oxygens (including phenoxy) is 1. The van der Waals surface area contributed by atoms with E-state index in [2.05, 4.69) is 5.32 Å². The van der Waals surface area contributed by atoms with Crippen LogP contribution in [0.15, 0.2) is 77.7 Å². The summed E-state index contributed by atoms with van der Waals surface area (Å²) in [5.41, 5.74) is 1.00. The van der Waals surface area contributed by atoms with Gasteiger partial charge in [0.05, 0.1) is 17.2 Å². The lowest BCUT2D eigenvalue weighted by Crippen LogP contribution is -2.51. The van der Waals surface area contributed by atoms with Crippen molar-refractivity contribution in [3.05, 3.63) is 88.4 Å². The summed E-state index contributed by atoms with van der Waals surface area (Å²) in [6.45, 7) is 5.83. The van der Waals surface area contributed by atoms with Crippen LogP contribution in [0.2, 0.25) is 10.0 Å². The summed E-state index contributed by atoms with van der Waals surface area (Å²) in [7, 11) is -4.19. The number of nitrogens with zero attached hydrogens (tertiary/aromatic N) is 2. The van der Waals surface area contributed by atoms with Crippen molar-refractivity contribution >= 4 is 50.7 Å². The molecule has 0 aliphatic heterocycles. The standard InChI is InChI=1S/C29H33Cl2N3O5S/c1-4-18-32-29(36)21(3)33(19-22-6-8-23(30)9-7-22)28(35)20-34(25-12-14-26(15-13-25)39-5-2)40(37,38)27-16-10-24(31)11-17-27/h6-17,21H,4-5,18-20H2,1-3H3,(H,32,36)/t21-/m0/s1. The van der Waals surface area contributed by atoms with Gasteiger partial charge in [-0.25, -0.2) is 8.42 Å². The van der Waals surface area contributed by atoms with E-state index in [-0.39, 0.29) is 23.0 Å². The fraction of sp³-hybridized carbons (Fsp3) is 0.310. The first-order valence-electron chi connectivity index (χ1n) is 12.9. The quantitative estimate of drug-likeness (QED) is 0.276. The molecule has 0 saturated carbocycles. The van der Waals surface area contributed by atoms with Gasteiger partial charge in [-0.1, -0.05) is 42.3 Å². The lowest BCUT2D eigenvalue weighted by atomic mass is 10.1. The van der Waals surface area contributed by atoms with Crippen molar-refractivity contribution in [3.8, 4) is 5.75 Å². The van der Waals surface area contributed by atoms with Crippen LogP contribution in [-0.4, -0.2) is 50.9 Å². The zero-order chi connectivity index (χ0) is 29.3. The minimum Gasteiger partial charge on any atom is -0.494 e. The average Bonchev–Trinajstić information content (AvgIpc) is 2.94. The van der Waals surface area contributed by atoms with E-state index in [1.807, 2.05) is 13.8 Å². The number of benzene rings is 3. The van der Waals surface area contributed by atoms with Gasteiger partial charge in [0.2, 0.25) is 11.8 Å². The first-order valence-corrected chi connectivity index (χ1v) is 15.1. The summed E-state index contributed by atoms with van der Waals surface area (Å²) in [5.74, 6) is -0.329. The third-order valence-corrected chi connectivity index (χ3v) is 8.39. The number of hydrogen-bond donors (Lipinski definition) is 1. The number of carbonyl (C=O) groups excluding carboxylic acids is 2. The van der Waals surface area contributed by atoms with Crippen molar-refractivity contribution < 1.29 is 22.7 Å². The summed E-state index contributed by atoms with van der Waals surface area (Å²) in [5, 5.41) is 3.73. The lowest BCUT2D eigenvalue weighted by Gasteiger charge is -2.32. The zero-order valence-corrected chi connectivity index (χ0v) is 25.0. The minimum absolute atomic E-state index is 0.0310. The highest BCUT2D eigenvalue weighted by Crippen LogP contribution is 2.27. The van der Waals surface area contributed by atoms with Crippen LogP contribution in [0, 0.1) is 0 Å². The Morgan fingerprint density at radius 3 is 2.02 bits per heavy atom. The van der Waals surface area contributed by atoms with Gasteiger partial charge >= 0.3 is 0 Å². The van der Waals surface area contributed by atoms with Gasteiger partial charge < -0.3 is 15.0 Å². The molecule has 3 aromatic carbocycles. The second-order valence-corrected chi connectivity index (χ2v) is 11.7. The Labute approximate surface area is 245 Å². The van der Waals surface area contributed by atoms with E-state index < -0.39 is 28.5 Å². The molecule has 40 heavy (non-hydrogen) atoms. The smallest absolute Gasteiger partial charge is 0.264 e. The number of hydrogen-bond acceptors (Lipinski definition) is 5. The van der Waals surface area contributed by atoms with E-state index in [9.17, 15) is 18.0 Å². The van der Waals surface area contributed by atoms with Crippen molar-refractivity contribution in [2.75, 3.05) is 24.0 Å². The molecule has 0 radical (unpaired) electrons. The third-order valence-electron chi connectivity index (χ3n) is 6.10. The van der Waals surface area contributed by atoms with Crippen LogP contribution < -0.4 is 14.4 Å². The van der Waals surface area contributed by atoms with Crippen molar-refractivity contribution in [3.63, 3.8) is 0 Å². The van der Waals surface area contributed by atoms with Gasteiger partial charge in [0, 0.05) is 23.1 Å². The molecule has 0 heterocycles. The average molecular weight is 607 g/mol. The van der Waals surface area contributed by atoms with Crippen LogP contribution in [-0.2, 0) is 26.2 Å². The van der Waals surface area contributed by atoms with Crippen molar-refractivity contribution in [1.29, 1.82) is 0 Å². The van der Waals surface area contributed by atoms with Crippen LogP contribution in [0.5, 0.6) is 5.75 Å². The largest absolute Gasteiger partial charge is 0.494 e. The van der Waals surface area contributed by atoms with E-state index in [0.717, 1.165) is 16.3 Å². The Balaban J connectivity index is 2.01. The SMILES string of the molecule is CCCNC(=O)[C@H](C)N(Cc1ccc(Cl)cc1)C(=O)CN(c1ccc(OCC)cc1)S(=O)(=O)c1ccc(Cl)cc1. The molecule has 0 aliphatic carbocycles. The maximum atomic E-state index is 13.9. The van der Waals surface area contributed by atoms with E-state index in [4.69, 9.17) is 27.9 Å². The van der Waals surface area contributed by atoms with Crippen LogP contribution in [0.4, 0.5) is 5.69 Å². The topological polar surface area (TPSA) is 96.0 Å². The second-order valence-electron chi connectivity index (χ2n) is 9.01. The van der Waals surface area contributed by atoms with Crippen LogP contribution >= 0.6 is 23.2 Å². The van der Waals surface area contributed by atoms with Crippen LogP contribution in [0.1, 0.15) is 32.8 Å². The number of sulfonamides is 1. The molecule has 214 valence electrons. The third kappa shape index (κ3) is 8.13. The molecule has 0 saturated heterocycles. The summed E-state index contributed by atoms with van der Waals surface area (Å²) >= 11 is 12.0. The highest BCUT2D eigenvalue weighted by Gasteiger charge is 2.32. The molecule has 3 aromatic rings. The number of anilines is 1. The monoisotopic (exact) mass is 605 g/mol. The highest BCUT2D eigenvalue weighted by atomic mass is 35.5. The highest BCUT2D eigenvalue weighted by molar-refractivity contribution is 7.92. The minimum atomic E-state index is -4.19. The zero-order valence-electron chi connectivity index (χ0n) is 22.6. The van der Waals surface area contributed by atoms with Crippen LogP contribution in [0.25, 0.3) is 0 Å². The predicted molar refractivity (Wildman–Crippen MR) is 158 cm³/mol. The molecule has 0 spiro atoms. The van der Waals surface area contributed by atoms with E-state index >= 15 is 0 Å². The Hall–Kier alpha value is -3.27. The van der Waals surface area contributed by atoms with Crippen molar-refractivity contribution in [2.24, 2.45) is 0 Å². The number of amides is 2. The molecule has 0 fully saturated rings. The van der Waals surface area contributed by atoms with Gasteiger partial charge in [0.25, 0.3) is 10.0 Å². The predicted octanol–water partition coefficient (Wildman–Crippen LogP) is 5.53. The number of carbonyl (C=O) groups is 2. The molecule has 11 heteroatoms. The fourth-order valence-electron chi connectivity index (χ4n) is 3.90. The molecular weight excluding hydrogens is 573 g/mol. The molecular formula is C29H33Cl2N3O5S. The molecule has 0 aromatic heterocycles. The van der Waals surface area contributed by atoms with E-state index in [1.165, 1.54) is 29.2 Å². The molecule has 8 nitrogen and oxygen atoms in total. The molecule has 0 unspecified atom stereocenters. The molecule has 1 N–H and O–H groups in total. The summed E-state index contributed by atoms with van der Waals surface area (Å²) < 4.78 is 34.2. The molecule has 0 bridgehead atoms. The normalized spacial score (nSPS) is 11.9. The first-order chi connectivity index (χ1) is 19.1. The Morgan fingerprint density at radius 1 is 0.900 bits per heavy atom.